The first-order valence-corrected chi connectivity index (χ1v) is 10.5. The molecule has 1 aromatic heterocycles. The van der Waals surface area contributed by atoms with Gasteiger partial charge in [-0.05, 0) is 37.8 Å². The number of para-hydroxylation sites is 1. The maximum absolute atomic E-state index is 12.8. The van der Waals surface area contributed by atoms with Crippen molar-refractivity contribution in [3.8, 4) is 5.75 Å². The summed E-state index contributed by atoms with van der Waals surface area (Å²) in [5, 5.41) is 0. The first-order chi connectivity index (χ1) is 14.5. The fourth-order valence-electron chi connectivity index (χ4n) is 4.38. The number of fused-ring (bicyclic) bond motifs is 1. The Hall–Kier alpha value is -2.96. The molecule has 2 aliphatic rings. The van der Waals surface area contributed by atoms with E-state index >= 15 is 0 Å². The first-order valence-electron chi connectivity index (χ1n) is 10.5. The Balaban J connectivity index is 1.42. The van der Waals surface area contributed by atoms with Crippen LogP contribution in [0.25, 0.3) is 0 Å². The van der Waals surface area contributed by atoms with E-state index in [-0.39, 0.29) is 17.7 Å². The number of nitrogens with zero attached hydrogens (tertiary/aromatic N) is 4. The SMILES string of the molecule is COc1ccccc1CCC(=O)N1CC[C@@H](c2nc(C)c3c(n2)N(C)C(=O)CC3)C1. The fourth-order valence-corrected chi connectivity index (χ4v) is 4.38. The molecular weight excluding hydrogens is 380 g/mol. The van der Waals surface area contributed by atoms with Crippen LogP contribution in [0.15, 0.2) is 24.3 Å². The maximum atomic E-state index is 12.8. The minimum absolute atomic E-state index is 0.0890. The normalized spacial score (nSPS) is 18.5. The second-order valence-electron chi connectivity index (χ2n) is 8.06. The number of hydrogen-bond acceptors (Lipinski definition) is 5. The zero-order chi connectivity index (χ0) is 21.3. The molecule has 2 aromatic rings. The third-order valence-corrected chi connectivity index (χ3v) is 6.20. The van der Waals surface area contributed by atoms with E-state index in [1.54, 1.807) is 19.1 Å². The number of carbonyl (C=O) groups excluding carboxylic acids is 2. The van der Waals surface area contributed by atoms with Crippen molar-refractivity contribution in [2.24, 2.45) is 0 Å². The molecule has 0 saturated carbocycles. The summed E-state index contributed by atoms with van der Waals surface area (Å²) >= 11 is 0. The molecule has 0 bridgehead atoms. The third kappa shape index (κ3) is 3.88. The van der Waals surface area contributed by atoms with Gasteiger partial charge in [0.1, 0.15) is 17.4 Å². The van der Waals surface area contributed by atoms with Crippen LogP contribution in [0, 0.1) is 6.92 Å². The zero-order valence-corrected chi connectivity index (χ0v) is 17.9. The van der Waals surface area contributed by atoms with Crippen molar-refractivity contribution >= 4 is 17.6 Å². The molecule has 0 radical (unpaired) electrons. The summed E-state index contributed by atoms with van der Waals surface area (Å²) in [4.78, 5) is 37.9. The topological polar surface area (TPSA) is 75.6 Å². The highest BCUT2D eigenvalue weighted by molar-refractivity contribution is 5.94. The Bertz CT molecular complexity index is 975. The van der Waals surface area contributed by atoms with Crippen LogP contribution < -0.4 is 9.64 Å². The van der Waals surface area contributed by atoms with Gasteiger partial charge in [-0.15, -0.1) is 0 Å². The third-order valence-electron chi connectivity index (χ3n) is 6.20. The van der Waals surface area contributed by atoms with Gasteiger partial charge < -0.3 is 9.64 Å². The number of likely N-dealkylation sites (tertiary alicyclic amines) is 1. The summed E-state index contributed by atoms with van der Waals surface area (Å²) in [5.41, 5.74) is 3.05. The number of hydrogen-bond donors (Lipinski definition) is 0. The van der Waals surface area contributed by atoms with Crippen LogP contribution in [0.1, 0.15) is 47.8 Å². The highest BCUT2D eigenvalue weighted by Crippen LogP contribution is 2.31. The van der Waals surface area contributed by atoms with Gasteiger partial charge in [0.2, 0.25) is 11.8 Å². The Morgan fingerprint density at radius 1 is 1.23 bits per heavy atom. The van der Waals surface area contributed by atoms with Gasteiger partial charge in [0, 0.05) is 50.2 Å². The van der Waals surface area contributed by atoms with Crippen molar-refractivity contribution < 1.29 is 14.3 Å². The first kappa shape index (κ1) is 20.3. The number of carbonyl (C=O) groups is 2. The Morgan fingerprint density at radius 3 is 2.83 bits per heavy atom. The van der Waals surface area contributed by atoms with E-state index in [0.29, 0.717) is 38.8 Å². The molecule has 158 valence electrons. The molecule has 4 rings (SSSR count). The molecule has 2 aliphatic heterocycles. The van der Waals surface area contributed by atoms with Gasteiger partial charge in [-0.3, -0.25) is 14.5 Å². The second-order valence-corrected chi connectivity index (χ2v) is 8.06. The lowest BCUT2D eigenvalue weighted by Gasteiger charge is -2.26. The van der Waals surface area contributed by atoms with Gasteiger partial charge in [-0.2, -0.15) is 0 Å². The van der Waals surface area contributed by atoms with E-state index in [1.165, 1.54) is 0 Å². The monoisotopic (exact) mass is 408 g/mol. The average molecular weight is 409 g/mol. The molecule has 2 amide bonds. The van der Waals surface area contributed by atoms with Gasteiger partial charge in [-0.1, -0.05) is 18.2 Å². The second kappa shape index (κ2) is 8.42. The van der Waals surface area contributed by atoms with E-state index in [4.69, 9.17) is 14.7 Å². The molecular formula is C23H28N4O3. The van der Waals surface area contributed by atoms with Crippen LogP contribution in [0.2, 0.25) is 0 Å². The van der Waals surface area contributed by atoms with Crippen molar-refractivity contribution in [3.05, 3.63) is 46.9 Å². The van der Waals surface area contributed by atoms with Crippen molar-refractivity contribution in [1.82, 2.24) is 14.9 Å². The quantitative estimate of drug-likeness (QED) is 0.760. The predicted octanol–water partition coefficient (Wildman–Crippen LogP) is 2.65. The molecule has 1 saturated heterocycles. The number of rotatable bonds is 5. The summed E-state index contributed by atoms with van der Waals surface area (Å²) in [6, 6.07) is 7.82. The lowest BCUT2D eigenvalue weighted by Crippen LogP contribution is -2.33. The van der Waals surface area contributed by atoms with Crippen molar-refractivity contribution in [1.29, 1.82) is 0 Å². The lowest BCUT2D eigenvalue weighted by atomic mass is 10.0. The number of amides is 2. The van der Waals surface area contributed by atoms with E-state index in [2.05, 4.69) is 0 Å². The van der Waals surface area contributed by atoms with Crippen LogP contribution in [0.5, 0.6) is 5.75 Å². The van der Waals surface area contributed by atoms with Gasteiger partial charge >= 0.3 is 0 Å². The van der Waals surface area contributed by atoms with E-state index in [9.17, 15) is 9.59 Å². The summed E-state index contributed by atoms with van der Waals surface area (Å²) in [6.07, 6.45) is 3.16. The van der Waals surface area contributed by atoms with Crippen LogP contribution in [0.3, 0.4) is 0 Å². The molecule has 7 heteroatoms. The van der Waals surface area contributed by atoms with Gasteiger partial charge in [0.25, 0.3) is 0 Å². The molecule has 3 heterocycles. The van der Waals surface area contributed by atoms with Gasteiger partial charge in [-0.25, -0.2) is 9.97 Å². The summed E-state index contributed by atoms with van der Waals surface area (Å²) in [7, 11) is 3.43. The van der Waals surface area contributed by atoms with Crippen LogP contribution >= 0.6 is 0 Å². The largest absolute Gasteiger partial charge is 0.496 e. The molecule has 1 aromatic carbocycles. The number of benzene rings is 1. The van der Waals surface area contributed by atoms with Gasteiger partial charge in [0.05, 0.1) is 7.11 Å². The molecule has 7 nitrogen and oxygen atoms in total. The van der Waals surface area contributed by atoms with E-state index in [0.717, 1.165) is 40.6 Å². The van der Waals surface area contributed by atoms with Gasteiger partial charge in [0.15, 0.2) is 0 Å². The highest BCUT2D eigenvalue weighted by Gasteiger charge is 2.32. The van der Waals surface area contributed by atoms with Crippen LogP contribution in [-0.4, -0.2) is 53.9 Å². The molecule has 0 unspecified atom stereocenters. The number of anilines is 1. The van der Waals surface area contributed by atoms with Crippen molar-refractivity contribution in [2.45, 2.75) is 44.9 Å². The number of aryl methyl sites for hydroxylation is 2. The van der Waals surface area contributed by atoms with E-state index in [1.807, 2.05) is 36.1 Å². The molecule has 1 fully saturated rings. The predicted molar refractivity (Wildman–Crippen MR) is 114 cm³/mol. The van der Waals surface area contributed by atoms with Crippen LogP contribution in [0.4, 0.5) is 5.82 Å². The average Bonchev–Trinajstić information content (AvgIpc) is 3.25. The summed E-state index contributed by atoms with van der Waals surface area (Å²) < 4.78 is 5.38. The standard InChI is InChI=1S/C23H28N4O3/c1-15-18-9-11-20(28)26(2)23(18)25-22(24-15)17-12-13-27(14-17)21(29)10-8-16-6-4-5-7-19(16)30-3/h4-7,17H,8-14H2,1-3H3/t17-/m1/s1. The number of methoxy groups -OCH3 is 1. The molecule has 0 aliphatic carbocycles. The van der Waals surface area contributed by atoms with Crippen LogP contribution in [-0.2, 0) is 22.4 Å². The Morgan fingerprint density at radius 2 is 2.03 bits per heavy atom. The maximum Gasteiger partial charge on any atom is 0.228 e. The minimum Gasteiger partial charge on any atom is -0.496 e. The molecule has 0 N–H and O–H groups in total. The zero-order valence-electron chi connectivity index (χ0n) is 17.9. The molecule has 1 atom stereocenters. The smallest absolute Gasteiger partial charge is 0.228 e. The molecule has 0 spiro atoms. The minimum atomic E-state index is 0.0890. The lowest BCUT2D eigenvalue weighted by molar-refractivity contribution is -0.130. The number of aromatic nitrogens is 2. The summed E-state index contributed by atoms with van der Waals surface area (Å²) in [6.45, 7) is 3.32. The highest BCUT2D eigenvalue weighted by atomic mass is 16.5. The van der Waals surface area contributed by atoms with E-state index < -0.39 is 0 Å². The number of ether oxygens (including phenoxy) is 1. The Labute approximate surface area is 177 Å². The van der Waals surface area contributed by atoms with Crippen molar-refractivity contribution in [3.63, 3.8) is 0 Å². The fraction of sp³-hybridized carbons (Fsp3) is 0.478. The Kier molecular flexibility index (Phi) is 5.70. The molecule has 30 heavy (non-hydrogen) atoms. The van der Waals surface area contributed by atoms with Crippen molar-refractivity contribution in [2.75, 3.05) is 32.1 Å². The summed E-state index contributed by atoms with van der Waals surface area (Å²) in [5.74, 6) is 2.63.